The fourth-order valence-corrected chi connectivity index (χ4v) is 1.41. The van der Waals surface area contributed by atoms with Gasteiger partial charge in [-0.25, -0.2) is 5.48 Å². The molecular weight excluding hydrogens is 228 g/mol. The van der Waals surface area contributed by atoms with Crippen LogP contribution >= 0.6 is 0 Å². The molecule has 0 aliphatic rings. The Balaban J connectivity index is 4.32. The number of rotatable bonds is 8. The van der Waals surface area contributed by atoms with Crippen LogP contribution in [0.1, 0.15) is 33.1 Å². The van der Waals surface area contributed by atoms with E-state index in [-0.39, 0.29) is 6.42 Å². The van der Waals surface area contributed by atoms with E-state index >= 15 is 0 Å². The highest BCUT2D eigenvalue weighted by Crippen LogP contribution is 2.30. The van der Waals surface area contributed by atoms with Crippen LogP contribution in [0.3, 0.4) is 0 Å². The third kappa shape index (κ3) is 4.81. The first-order valence-electron chi connectivity index (χ1n) is 5.30. The van der Waals surface area contributed by atoms with Gasteiger partial charge < -0.3 is 10.8 Å². The van der Waals surface area contributed by atoms with Gasteiger partial charge in [-0.1, -0.05) is 13.8 Å². The van der Waals surface area contributed by atoms with Gasteiger partial charge in [0, 0.05) is 6.42 Å². The molecule has 0 fully saturated rings. The van der Waals surface area contributed by atoms with Crippen LogP contribution in [-0.4, -0.2) is 29.5 Å². The predicted molar refractivity (Wildman–Crippen MR) is 58.6 cm³/mol. The van der Waals surface area contributed by atoms with E-state index in [1.54, 1.807) is 13.8 Å². The average molecular weight is 246 g/mol. The van der Waals surface area contributed by atoms with Crippen LogP contribution in [-0.2, 0) is 19.2 Å². The molecule has 0 aromatic heterocycles. The van der Waals surface area contributed by atoms with Crippen molar-refractivity contribution in [2.75, 3.05) is 6.61 Å². The Bertz CT molecular complexity index is 299. The highest BCUT2D eigenvalue weighted by atomic mass is 16.7. The monoisotopic (exact) mass is 246 g/mol. The van der Waals surface area contributed by atoms with Gasteiger partial charge in [-0.3, -0.25) is 19.2 Å². The van der Waals surface area contributed by atoms with E-state index in [0.717, 1.165) is 0 Å². The molecule has 17 heavy (non-hydrogen) atoms. The van der Waals surface area contributed by atoms with Gasteiger partial charge in [-0.05, 0) is 12.8 Å². The third-order valence-electron chi connectivity index (χ3n) is 2.71. The molecule has 0 spiro atoms. The van der Waals surface area contributed by atoms with Crippen LogP contribution in [0.5, 0.6) is 0 Å². The molecule has 2 amide bonds. The lowest BCUT2D eigenvalue weighted by atomic mass is 9.79. The minimum absolute atomic E-state index is 0.200. The number of carbonyl (C=O) groups excluding carboxylic acids is 2. The van der Waals surface area contributed by atoms with Gasteiger partial charge in [0.15, 0.2) is 6.61 Å². The lowest BCUT2D eigenvalue weighted by Gasteiger charge is -2.25. The first-order chi connectivity index (χ1) is 7.88. The van der Waals surface area contributed by atoms with Gasteiger partial charge in [-0.15, -0.1) is 0 Å². The number of nitrogens with one attached hydrogen (secondary N) is 1. The number of nitrogens with two attached hydrogens (primary N) is 1. The van der Waals surface area contributed by atoms with Crippen molar-refractivity contribution in [3.63, 3.8) is 0 Å². The van der Waals surface area contributed by atoms with Crippen LogP contribution in [0, 0.1) is 5.41 Å². The number of carboxylic acids is 1. The maximum atomic E-state index is 11.4. The predicted octanol–water partition coefficient (Wildman–Crippen LogP) is -0.199. The molecule has 4 N–H and O–H groups in total. The number of carbonyl (C=O) groups is 3. The second-order valence-corrected chi connectivity index (χ2v) is 3.75. The Morgan fingerprint density at radius 3 is 2.18 bits per heavy atom. The maximum absolute atomic E-state index is 11.4. The molecule has 0 saturated heterocycles. The smallest absolute Gasteiger partial charge is 0.310 e. The number of primary amides is 1. The zero-order valence-corrected chi connectivity index (χ0v) is 9.99. The Morgan fingerprint density at radius 1 is 1.29 bits per heavy atom. The fraction of sp³-hybridized carbons (Fsp3) is 0.700. The van der Waals surface area contributed by atoms with Crippen molar-refractivity contribution in [2.45, 2.75) is 33.1 Å². The van der Waals surface area contributed by atoms with Crippen molar-refractivity contribution in [3.05, 3.63) is 0 Å². The van der Waals surface area contributed by atoms with Gasteiger partial charge in [0.25, 0.3) is 0 Å². The van der Waals surface area contributed by atoms with Crippen LogP contribution in [0.25, 0.3) is 0 Å². The number of amides is 2. The zero-order valence-electron chi connectivity index (χ0n) is 9.99. The van der Waals surface area contributed by atoms with Gasteiger partial charge in [0.05, 0.1) is 5.41 Å². The summed E-state index contributed by atoms with van der Waals surface area (Å²) in [7, 11) is 0. The van der Waals surface area contributed by atoms with Crippen LogP contribution in [0.15, 0.2) is 0 Å². The molecule has 0 bridgehead atoms. The van der Waals surface area contributed by atoms with E-state index in [9.17, 15) is 14.4 Å². The van der Waals surface area contributed by atoms with E-state index in [0.29, 0.717) is 12.8 Å². The average Bonchev–Trinajstić information content (AvgIpc) is 2.25. The summed E-state index contributed by atoms with van der Waals surface area (Å²) in [5.41, 5.74) is 5.69. The van der Waals surface area contributed by atoms with Crippen molar-refractivity contribution in [2.24, 2.45) is 11.1 Å². The molecule has 0 aromatic rings. The highest BCUT2D eigenvalue weighted by molar-refractivity contribution is 5.84. The van der Waals surface area contributed by atoms with Crippen LogP contribution in [0.4, 0.5) is 0 Å². The minimum atomic E-state index is -1.10. The van der Waals surface area contributed by atoms with E-state index in [1.165, 1.54) is 0 Å². The van der Waals surface area contributed by atoms with Gasteiger partial charge in [0.1, 0.15) is 0 Å². The van der Waals surface area contributed by atoms with Crippen LogP contribution < -0.4 is 11.2 Å². The number of carboxylic acid groups (broad SMARTS) is 1. The quantitative estimate of drug-likeness (QED) is 0.512. The van der Waals surface area contributed by atoms with E-state index in [2.05, 4.69) is 4.84 Å². The maximum Gasteiger partial charge on any atom is 0.310 e. The molecule has 0 heterocycles. The summed E-state index contributed by atoms with van der Waals surface area (Å²) in [4.78, 5) is 37.4. The van der Waals surface area contributed by atoms with Crippen LogP contribution in [0.2, 0.25) is 0 Å². The summed E-state index contributed by atoms with van der Waals surface area (Å²) in [5.74, 6) is -2.33. The molecule has 7 heteroatoms. The molecule has 0 rings (SSSR count). The number of aliphatic carboxylic acids is 1. The van der Waals surface area contributed by atoms with Gasteiger partial charge >= 0.3 is 5.97 Å². The fourth-order valence-electron chi connectivity index (χ4n) is 1.41. The highest BCUT2D eigenvalue weighted by Gasteiger charge is 2.37. The van der Waals surface area contributed by atoms with Crippen molar-refractivity contribution < 1.29 is 24.3 Å². The molecule has 0 aliphatic carbocycles. The summed E-state index contributed by atoms with van der Waals surface area (Å²) in [6, 6.07) is 0. The zero-order chi connectivity index (χ0) is 13.5. The normalized spacial score (nSPS) is 10.9. The summed E-state index contributed by atoms with van der Waals surface area (Å²) in [6.45, 7) is 2.97. The van der Waals surface area contributed by atoms with Crippen molar-refractivity contribution in [3.8, 4) is 0 Å². The second kappa shape index (κ2) is 6.85. The molecule has 0 saturated carbocycles. The second-order valence-electron chi connectivity index (χ2n) is 3.75. The standard InChI is InChI=1S/C10H18N2O5/c1-3-10(4-2,9(15)16)5-8(14)12-17-6-7(11)13/h3-6H2,1-2H3,(H2,11,13)(H,12,14)(H,15,16). The first kappa shape index (κ1) is 15.4. The topological polar surface area (TPSA) is 119 Å². The Labute approximate surface area is 99.3 Å². The lowest BCUT2D eigenvalue weighted by Crippen LogP contribution is -2.38. The molecule has 0 aliphatic heterocycles. The Kier molecular flexibility index (Phi) is 6.19. The van der Waals surface area contributed by atoms with E-state index < -0.39 is 29.8 Å². The summed E-state index contributed by atoms with van der Waals surface area (Å²) < 4.78 is 0. The Hall–Kier alpha value is -1.63. The third-order valence-corrected chi connectivity index (χ3v) is 2.71. The van der Waals surface area contributed by atoms with Crippen molar-refractivity contribution >= 4 is 17.8 Å². The molecule has 98 valence electrons. The SMILES string of the molecule is CCC(CC)(CC(=O)NOCC(N)=O)C(=O)O. The van der Waals surface area contributed by atoms with E-state index in [1.807, 2.05) is 5.48 Å². The number of hydroxylamine groups is 1. The summed E-state index contributed by atoms with van der Waals surface area (Å²) in [6.07, 6.45) is 0.470. The summed E-state index contributed by atoms with van der Waals surface area (Å²) in [5, 5.41) is 9.09. The number of hydrogen-bond acceptors (Lipinski definition) is 4. The lowest BCUT2D eigenvalue weighted by molar-refractivity contribution is -0.155. The molecule has 0 radical (unpaired) electrons. The first-order valence-corrected chi connectivity index (χ1v) is 5.30. The molecule has 0 aromatic carbocycles. The minimum Gasteiger partial charge on any atom is -0.481 e. The Morgan fingerprint density at radius 2 is 1.82 bits per heavy atom. The largest absolute Gasteiger partial charge is 0.481 e. The molecule has 0 atom stereocenters. The van der Waals surface area contributed by atoms with Gasteiger partial charge in [0.2, 0.25) is 11.8 Å². The van der Waals surface area contributed by atoms with E-state index in [4.69, 9.17) is 10.8 Å². The van der Waals surface area contributed by atoms with Gasteiger partial charge in [-0.2, -0.15) is 0 Å². The number of hydrogen-bond donors (Lipinski definition) is 3. The molecule has 7 nitrogen and oxygen atoms in total. The van der Waals surface area contributed by atoms with Crippen molar-refractivity contribution in [1.29, 1.82) is 0 Å². The molecule has 0 unspecified atom stereocenters. The molecular formula is C10H18N2O5. The summed E-state index contributed by atoms with van der Waals surface area (Å²) >= 11 is 0. The van der Waals surface area contributed by atoms with Crippen molar-refractivity contribution in [1.82, 2.24) is 5.48 Å².